The largest absolute Gasteiger partial charge is 0.493 e. The molecule has 0 bridgehead atoms. The molecular weight excluding hydrogens is 574 g/mol. The van der Waals surface area contributed by atoms with Crippen LogP contribution in [-0.2, 0) is 37.7 Å². The molecule has 0 unspecified atom stereocenters. The first-order valence-corrected chi connectivity index (χ1v) is 14.3. The first-order chi connectivity index (χ1) is 20.9. The Bertz CT molecular complexity index is 1370. The smallest absolute Gasteiger partial charge is 0.331 e. The number of aliphatic carboxylic acids is 1. The van der Waals surface area contributed by atoms with Gasteiger partial charge in [-0.15, -0.1) is 0 Å². The summed E-state index contributed by atoms with van der Waals surface area (Å²) in [5, 5.41) is 23.4. The number of hydrogen-bond donors (Lipinski definition) is 8. The number of hydrogen-bond acceptors (Lipinski definition) is 9. The van der Waals surface area contributed by atoms with Crippen molar-refractivity contribution in [1.29, 1.82) is 0 Å². The number of unbranched alkanes of at least 4 members (excludes halogenated alkanes) is 3. The lowest BCUT2D eigenvalue weighted by Crippen LogP contribution is -2.68. The van der Waals surface area contributed by atoms with Gasteiger partial charge in [-0.2, -0.15) is 0 Å². The van der Waals surface area contributed by atoms with Crippen LogP contribution in [0.25, 0.3) is 0 Å². The van der Waals surface area contributed by atoms with E-state index in [-0.39, 0.29) is 37.6 Å². The number of carbonyl (C=O) groups excluding carboxylic acids is 3. The fourth-order valence-corrected chi connectivity index (χ4v) is 4.88. The zero-order valence-corrected chi connectivity index (χ0v) is 24.8. The molecule has 2 atom stereocenters. The van der Waals surface area contributed by atoms with Crippen molar-refractivity contribution < 1.29 is 29.4 Å². The molecule has 1 aromatic carbocycles. The third kappa shape index (κ3) is 9.15. The number of aromatic hydroxyl groups is 1. The number of aliphatic imine (C=N–C) groups is 1. The molecule has 16 nitrogen and oxygen atoms in total. The predicted molar refractivity (Wildman–Crippen MR) is 162 cm³/mol. The topological polar surface area (TPSA) is 278 Å². The van der Waals surface area contributed by atoms with Crippen LogP contribution < -0.4 is 33.9 Å². The molecule has 2 rings (SSSR count). The lowest BCUT2D eigenvalue weighted by Gasteiger charge is -2.42. The minimum Gasteiger partial charge on any atom is -0.493 e. The van der Waals surface area contributed by atoms with Gasteiger partial charge in [0, 0.05) is 26.4 Å². The number of rotatable bonds is 18. The molecule has 3 amide bonds. The summed E-state index contributed by atoms with van der Waals surface area (Å²) in [6, 6.07) is 6.48. The Balaban J connectivity index is 2.79. The second-order valence-corrected chi connectivity index (χ2v) is 10.3. The number of nitrogens with one attached hydrogen (secondary N) is 2. The molecule has 2 aromatic rings. The van der Waals surface area contributed by atoms with Gasteiger partial charge in [0.15, 0.2) is 5.96 Å². The van der Waals surface area contributed by atoms with E-state index in [1.54, 1.807) is 30.3 Å². The Kier molecular flexibility index (Phi) is 13.6. The molecule has 0 fully saturated rings. The van der Waals surface area contributed by atoms with E-state index in [1.807, 2.05) is 0 Å². The molecule has 0 aliphatic carbocycles. The highest BCUT2D eigenvalue weighted by molar-refractivity contribution is 6.03. The molecule has 16 heteroatoms. The summed E-state index contributed by atoms with van der Waals surface area (Å²) in [6.07, 6.45) is 1.85. The molecule has 0 radical (unpaired) electrons. The lowest BCUT2D eigenvalue weighted by molar-refractivity contribution is -0.166. The lowest BCUT2D eigenvalue weighted by atomic mass is 9.94. The van der Waals surface area contributed by atoms with Gasteiger partial charge in [0.25, 0.3) is 5.91 Å². The molecule has 44 heavy (non-hydrogen) atoms. The molecule has 0 spiro atoms. The standard InChI is InChI=1S/C28H43N9O7/c1-18(38)36(23(41)20(30)16-22(39)40)28(17-19-10-5-4-6-11-19,25(43)33-14-8-3-2-7-13-29)37-24(42)21(35-27(37)44)12-9-15-34-26(31)32/h4-6,10-11,20,42H,2-3,7-9,12-17,29-30H2,1H3,(H,33,43)(H,35,44)(H,39,40)(H4,31,32,34)/t20-,28+/m0/s1. The van der Waals surface area contributed by atoms with Gasteiger partial charge in [-0.05, 0) is 37.8 Å². The van der Waals surface area contributed by atoms with E-state index in [0.717, 1.165) is 26.2 Å². The van der Waals surface area contributed by atoms with Crippen molar-refractivity contribution in [2.45, 2.75) is 70.0 Å². The Morgan fingerprint density at radius 1 is 1.09 bits per heavy atom. The number of imidazole rings is 1. The molecule has 0 saturated heterocycles. The molecule has 0 saturated carbocycles. The number of carboxylic acids is 1. The monoisotopic (exact) mass is 617 g/mol. The van der Waals surface area contributed by atoms with Crippen LogP contribution in [0.1, 0.15) is 56.7 Å². The fourth-order valence-electron chi connectivity index (χ4n) is 4.88. The highest BCUT2D eigenvalue weighted by atomic mass is 16.4. The minimum absolute atomic E-state index is 0.00130. The van der Waals surface area contributed by atoms with E-state index >= 15 is 0 Å². The Hall–Kier alpha value is -4.70. The van der Waals surface area contributed by atoms with E-state index in [1.165, 1.54) is 0 Å². The molecule has 1 heterocycles. The number of benzene rings is 1. The maximum Gasteiger partial charge on any atom is 0.331 e. The van der Waals surface area contributed by atoms with Crippen molar-refractivity contribution in [3.8, 4) is 5.88 Å². The van der Waals surface area contributed by atoms with Crippen LogP contribution in [-0.4, -0.2) is 80.0 Å². The van der Waals surface area contributed by atoms with Crippen LogP contribution in [0.3, 0.4) is 0 Å². The number of nitrogens with two attached hydrogens (primary N) is 4. The Morgan fingerprint density at radius 2 is 1.75 bits per heavy atom. The number of carboxylic acid groups (broad SMARTS) is 1. The van der Waals surface area contributed by atoms with Crippen molar-refractivity contribution in [3.05, 3.63) is 52.1 Å². The minimum atomic E-state index is -2.53. The molecule has 242 valence electrons. The summed E-state index contributed by atoms with van der Waals surface area (Å²) < 4.78 is 0.645. The van der Waals surface area contributed by atoms with Crippen LogP contribution in [0.15, 0.2) is 40.1 Å². The van der Waals surface area contributed by atoms with E-state index in [4.69, 9.17) is 22.9 Å². The quantitative estimate of drug-likeness (QED) is 0.0558. The Morgan fingerprint density at radius 3 is 2.34 bits per heavy atom. The number of aromatic amines is 1. The summed E-state index contributed by atoms with van der Waals surface area (Å²) >= 11 is 0. The number of aryl methyl sites for hydroxylation is 1. The number of carbonyl (C=O) groups is 4. The maximum atomic E-state index is 14.3. The zero-order valence-electron chi connectivity index (χ0n) is 24.8. The molecule has 0 aliphatic heterocycles. The van der Waals surface area contributed by atoms with Crippen molar-refractivity contribution >= 4 is 29.7 Å². The second-order valence-electron chi connectivity index (χ2n) is 10.3. The van der Waals surface area contributed by atoms with E-state index in [9.17, 15) is 34.2 Å². The molecule has 12 N–H and O–H groups in total. The van der Waals surface area contributed by atoms with Gasteiger partial charge >= 0.3 is 11.7 Å². The fraction of sp³-hybridized carbons (Fsp3) is 0.500. The van der Waals surface area contributed by atoms with Crippen molar-refractivity contribution in [3.63, 3.8) is 0 Å². The number of guanidine groups is 1. The summed E-state index contributed by atoms with van der Waals surface area (Å²) in [6.45, 7) is 1.77. The van der Waals surface area contributed by atoms with E-state index < -0.39 is 59.8 Å². The average Bonchev–Trinajstić information content (AvgIpc) is 3.24. The summed E-state index contributed by atoms with van der Waals surface area (Å²) in [4.78, 5) is 73.3. The van der Waals surface area contributed by atoms with Gasteiger partial charge in [-0.25, -0.2) is 14.3 Å². The first kappa shape index (κ1) is 35.5. The summed E-state index contributed by atoms with van der Waals surface area (Å²) in [5.74, 6) is -5.47. The van der Waals surface area contributed by atoms with Crippen LogP contribution in [0.2, 0.25) is 0 Å². The maximum absolute atomic E-state index is 14.3. The Labute approximate surface area is 254 Å². The predicted octanol–water partition coefficient (Wildman–Crippen LogP) is -1.20. The van der Waals surface area contributed by atoms with Crippen LogP contribution in [0, 0.1) is 0 Å². The van der Waals surface area contributed by atoms with Crippen molar-refractivity contribution in [2.75, 3.05) is 19.6 Å². The number of aromatic nitrogens is 2. The number of amides is 3. The summed E-state index contributed by atoms with van der Waals surface area (Å²) in [5.41, 5.74) is 19.1. The van der Waals surface area contributed by atoms with Crippen LogP contribution >= 0.6 is 0 Å². The van der Waals surface area contributed by atoms with Gasteiger partial charge in [0.1, 0.15) is 0 Å². The SMILES string of the molecule is CC(=O)N(C(=O)[C@@H](N)CC(=O)O)[C@@](Cc1ccccc1)(C(=O)NCCCCCCN)n1c(O)c(CCCN=C(N)N)[nH]c1=O. The third-order valence-electron chi connectivity index (χ3n) is 6.88. The van der Waals surface area contributed by atoms with Crippen LogP contribution in [0.5, 0.6) is 5.88 Å². The third-order valence-corrected chi connectivity index (χ3v) is 6.88. The number of imide groups is 1. The van der Waals surface area contributed by atoms with Crippen LogP contribution in [0.4, 0.5) is 0 Å². The highest BCUT2D eigenvalue weighted by Gasteiger charge is 2.54. The molecule has 0 aliphatic rings. The normalized spacial score (nSPS) is 13.0. The summed E-state index contributed by atoms with van der Waals surface area (Å²) in [7, 11) is 0. The average molecular weight is 618 g/mol. The van der Waals surface area contributed by atoms with Crippen molar-refractivity contribution in [2.24, 2.45) is 27.9 Å². The van der Waals surface area contributed by atoms with Gasteiger partial charge in [-0.1, -0.05) is 43.2 Å². The highest BCUT2D eigenvalue weighted by Crippen LogP contribution is 2.33. The van der Waals surface area contributed by atoms with Gasteiger partial charge in [-0.3, -0.25) is 24.2 Å². The van der Waals surface area contributed by atoms with E-state index in [2.05, 4.69) is 15.3 Å². The first-order valence-electron chi connectivity index (χ1n) is 14.3. The molecular formula is C28H43N9O7. The van der Waals surface area contributed by atoms with Crippen molar-refractivity contribution in [1.82, 2.24) is 19.8 Å². The second kappa shape index (κ2) is 16.8. The number of nitrogens with zero attached hydrogens (tertiary/aromatic N) is 3. The number of H-pyrrole nitrogens is 1. The molecule has 1 aromatic heterocycles. The van der Waals surface area contributed by atoms with E-state index in [0.29, 0.717) is 28.0 Å². The van der Waals surface area contributed by atoms with Gasteiger partial charge in [0.2, 0.25) is 23.4 Å². The van der Waals surface area contributed by atoms with Gasteiger partial charge in [0.05, 0.1) is 18.2 Å². The zero-order chi connectivity index (χ0) is 32.9. The van der Waals surface area contributed by atoms with Gasteiger partial charge < -0.3 is 43.4 Å².